The van der Waals surface area contributed by atoms with Gasteiger partial charge in [-0.2, -0.15) is 0 Å². The fourth-order valence-corrected chi connectivity index (χ4v) is 6.59. The first-order valence-electron chi connectivity index (χ1n) is 14.8. The number of fused-ring (bicyclic) bond motifs is 4. The predicted octanol–water partition coefficient (Wildman–Crippen LogP) is 8.52. The Balaban J connectivity index is 1.54. The van der Waals surface area contributed by atoms with Gasteiger partial charge in [-0.15, -0.1) is 6.58 Å². The molecule has 1 fully saturated rings. The Kier molecular flexibility index (Phi) is 7.31. The van der Waals surface area contributed by atoms with Gasteiger partial charge in [0.2, 0.25) is 0 Å². The molecule has 0 radical (unpaired) electrons. The molecule has 1 saturated heterocycles. The number of allylic oxidation sites excluding steroid dienone is 5. The molecule has 0 atom stereocenters. The van der Waals surface area contributed by atoms with E-state index >= 15 is 0 Å². The summed E-state index contributed by atoms with van der Waals surface area (Å²) in [6.45, 7) is 27.3. The van der Waals surface area contributed by atoms with Crippen LogP contribution in [0.1, 0.15) is 90.5 Å². The van der Waals surface area contributed by atoms with Crippen molar-refractivity contribution >= 4 is 29.0 Å². The molecule has 4 heterocycles. The predicted molar refractivity (Wildman–Crippen MR) is 168 cm³/mol. The monoisotopic (exact) mass is 520 g/mol. The number of aromatic nitrogens is 1. The molecular weight excluding hydrogens is 475 g/mol. The van der Waals surface area contributed by atoms with Crippen LogP contribution in [0.2, 0.25) is 6.32 Å². The third kappa shape index (κ3) is 4.75. The molecule has 1 aromatic carbocycles. The van der Waals surface area contributed by atoms with Crippen LogP contribution >= 0.6 is 0 Å². The third-order valence-electron chi connectivity index (χ3n) is 9.62. The summed E-state index contributed by atoms with van der Waals surface area (Å²) in [5.41, 5.74) is 12.6. The van der Waals surface area contributed by atoms with E-state index in [9.17, 15) is 0 Å². The van der Waals surface area contributed by atoms with Crippen molar-refractivity contribution in [1.82, 2.24) is 9.88 Å². The van der Waals surface area contributed by atoms with E-state index in [0.717, 1.165) is 68.3 Å². The Morgan fingerprint density at radius 3 is 2.59 bits per heavy atom. The van der Waals surface area contributed by atoms with Gasteiger partial charge in [0.15, 0.2) is 0 Å². The maximum absolute atomic E-state index is 6.59. The Labute approximate surface area is 236 Å². The van der Waals surface area contributed by atoms with Crippen LogP contribution in [0.15, 0.2) is 72.5 Å². The van der Waals surface area contributed by atoms with Crippen molar-refractivity contribution in [2.24, 2.45) is 5.41 Å². The van der Waals surface area contributed by atoms with Gasteiger partial charge in [0.05, 0.1) is 29.1 Å². The zero-order valence-electron chi connectivity index (χ0n) is 25.0. The van der Waals surface area contributed by atoms with Crippen molar-refractivity contribution in [3.05, 3.63) is 89.3 Å². The molecule has 5 rings (SSSR count). The molecule has 0 unspecified atom stereocenters. The number of benzene rings is 1. The largest absolute Gasteiger partial charge is 0.426 e. The summed E-state index contributed by atoms with van der Waals surface area (Å²) >= 11 is 0. The molecule has 4 heteroatoms. The molecular formula is C35H45BN2O. The highest BCUT2D eigenvalue weighted by molar-refractivity contribution is 6.68. The lowest BCUT2D eigenvalue weighted by atomic mass is 9.54. The van der Waals surface area contributed by atoms with E-state index < -0.39 is 0 Å². The second kappa shape index (κ2) is 10.3. The fraction of sp³-hybridized carbons (Fsp3) is 0.457. The molecule has 204 valence electrons. The first-order valence-corrected chi connectivity index (χ1v) is 14.8. The number of pyridine rings is 1. The minimum atomic E-state index is -0.148. The summed E-state index contributed by atoms with van der Waals surface area (Å²) in [6.07, 6.45) is 11.3. The normalized spacial score (nSPS) is 19.4. The van der Waals surface area contributed by atoms with Crippen LogP contribution in [0, 0.1) is 5.41 Å². The molecule has 0 aliphatic carbocycles. The molecule has 1 aromatic heterocycles. The highest BCUT2D eigenvalue weighted by atomic mass is 16.5. The molecule has 39 heavy (non-hydrogen) atoms. The molecule has 3 aliphatic rings. The minimum absolute atomic E-state index is 0.116. The Morgan fingerprint density at radius 1 is 1.18 bits per heavy atom. The quantitative estimate of drug-likeness (QED) is 0.245. The summed E-state index contributed by atoms with van der Waals surface area (Å²) in [6, 6.07) is 6.81. The standard InChI is InChI=1S/C35H45BN2O/c1-10-13-23(4)15-17-28-24(5)38-21-30-27(12-3)29-20-26(36-22-34(6,7)35(8,9)39-36)16-18-31(29)37-33(30)32(38)19-25(28)14-11-2/h10,16,18-20H,1,4-5,11-15,17,21-22H2,2-3,6-9H3. The van der Waals surface area contributed by atoms with E-state index in [0.29, 0.717) is 0 Å². The second-order valence-electron chi connectivity index (χ2n) is 12.8. The lowest BCUT2D eigenvalue weighted by Crippen LogP contribution is -2.36. The van der Waals surface area contributed by atoms with Gasteiger partial charge in [0.1, 0.15) is 0 Å². The highest BCUT2D eigenvalue weighted by Crippen LogP contribution is 2.47. The Bertz CT molecular complexity index is 1410. The summed E-state index contributed by atoms with van der Waals surface area (Å²) < 4.78 is 6.59. The van der Waals surface area contributed by atoms with Crippen LogP contribution in [0.4, 0.5) is 0 Å². The lowest BCUT2D eigenvalue weighted by molar-refractivity contribution is 0.0375. The van der Waals surface area contributed by atoms with E-state index in [-0.39, 0.29) is 17.9 Å². The summed E-state index contributed by atoms with van der Waals surface area (Å²) in [4.78, 5) is 7.70. The van der Waals surface area contributed by atoms with Crippen LogP contribution < -0.4 is 5.46 Å². The van der Waals surface area contributed by atoms with Gasteiger partial charge in [-0.05, 0) is 92.0 Å². The van der Waals surface area contributed by atoms with Crippen LogP contribution in [-0.4, -0.2) is 22.4 Å². The van der Waals surface area contributed by atoms with E-state index in [4.69, 9.17) is 9.64 Å². The average molecular weight is 521 g/mol. The smallest absolute Gasteiger partial charge is 0.327 e. The van der Waals surface area contributed by atoms with E-state index in [1.54, 1.807) is 0 Å². The number of nitrogens with zero attached hydrogens (tertiary/aromatic N) is 2. The van der Waals surface area contributed by atoms with Crippen LogP contribution in [0.5, 0.6) is 0 Å². The van der Waals surface area contributed by atoms with Gasteiger partial charge in [0, 0.05) is 16.6 Å². The zero-order chi connectivity index (χ0) is 28.1. The first kappa shape index (κ1) is 27.7. The summed E-state index contributed by atoms with van der Waals surface area (Å²) in [7, 11) is 0. The first-order chi connectivity index (χ1) is 18.5. The summed E-state index contributed by atoms with van der Waals surface area (Å²) in [5, 5.41) is 1.27. The van der Waals surface area contributed by atoms with Gasteiger partial charge >= 0.3 is 6.92 Å². The molecule has 2 aromatic rings. The van der Waals surface area contributed by atoms with Crippen LogP contribution in [0.25, 0.3) is 16.6 Å². The summed E-state index contributed by atoms with van der Waals surface area (Å²) in [5.74, 6) is 0. The van der Waals surface area contributed by atoms with E-state index in [1.807, 2.05) is 6.08 Å². The van der Waals surface area contributed by atoms with Gasteiger partial charge in [-0.3, -0.25) is 0 Å². The molecule has 0 amide bonds. The van der Waals surface area contributed by atoms with E-state index in [2.05, 4.69) is 90.5 Å². The van der Waals surface area contributed by atoms with Gasteiger partial charge < -0.3 is 9.55 Å². The third-order valence-corrected chi connectivity index (χ3v) is 9.62. The molecule has 0 saturated carbocycles. The number of hydrogen-bond donors (Lipinski definition) is 0. The average Bonchev–Trinajstić information content (AvgIpc) is 3.35. The van der Waals surface area contributed by atoms with Crippen molar-refractivity contribution in [2.45, 2.75) is 98.5 Å². The van der Waals surface area contributed by atoms with Gasteiger partial charge in [0.25, 0.3) is 0 Å². The zero-order valence-corrected chi connectivity index (χ0v) is 25.0. The molecule has 0 bridgehead atoms. The van der Waals surface area contributed by atoms with Crippen LogP contribution in [-0.2, 0) is 17.6 Å². The minimum Gasteiger partial charge on any atom is -0.426 e. The lowest BCUT2D eigenvalue weighted by Gasteiger charge is -2.34. The van der Waals surface area contributed by atoms with Gasteiger partial charge in [-0.1, -0.05) is 71.1 Å². The topological polar surface area (TPSA) is 25.4 Å². The number of aryl methyl sites for hydroxylation is 1. The van der Waals surface area contributed by atoms with Crippen molar-refractivity contribution in [2.75, 3.05) is 0 Å². The SMILES string of the molecule is C=CCC(=C)CCC1=C(CCC)C=C2c3nc4ccc(B5CC(C)(C)C(C)(C)O5)cc4c(CC)c3CN2C1=C. The van der Waals surface area contributed by atoms with Crippen molar-refractivity contribution in [3.8, 4) is 0 Å². The number of hydrogen-bond acceptors (Lipinski definition) is 3. The van der Waals surface area contributed by atoms with E-state index in [1.165, 1.54) is 44.4 Å². The highest BCUT2D eigenvalue weighted by Gasteiger charge is 2.49. The molecule has 3 nitrogen and oxygen atoms in total. The fourth-order valence-electron chi connectivity index (χ4n) is 6.59. The van der Waals surface area contributed by atoms with Crippen LogP contribution in [0.3, 0.4) is 0 Å². The maximum Gasteiger partial charge on any atom is 0.327 e. The van der Waals surface area contributed by atoms with Crippen molar-refractivity contribution in [3.63, 3.8) is 0 Å². The Hall–Kier alpha value is -2.85. The molecule has 0 spiro atoms. The number of rotatable bonds is 9. The second-order valence-corrected chi connectivity index (χ2v) is 12.8. The maximum atomic E-state index is 6.59. The van der Waals surface area contributed by atoms with Crippen molar-refractivity contribution in [1.29, 1.82) is 0 Å². The Morgan fingerprint density at radius 2 is 1.95 bits per heavy atom. The molecule has 3 aliphatic heterocycles. The van der Waals surface area contributed by atoms with Crippen molar-refractivity contribution < 1.29 is 4.65 Å². The van der Waals surface area contributed by atoms with Gasteiger partial charge in [-0.25, -0.2) is 4.98 Å². The molecule has 0 N–H and O–H groups in total.